The summed E-state index contributed by atoms with van der Waals surface area (Å²) in [5.41, 5.74) is 8.89. The number of benzene rings is 5. The van der Waals surface area contributed by atoms with Crippen molar-refractivity contribution in [3.05, 3.63) is 121 Å². The van der Waals surface area contributed by atoms with Crippen molar-refractivity contribution in [1.82, 2.24) is 4.57 Å². The molecule has 180 valence electrons. The first kappa shape index (κ1) is 21.2. The van der Waals surface area contributed by atoms with Gasteiger partial charge in [-0.15, -0.1) is 0 Å². The number of hydrogen-bond donors (Lipinski definition) is 0. The van der Waals surface area contributed by atoms with E-state index >= 15 is 0 Å². The van der Waals surface area contributed by atoms with Crippen molar-refractivity contribution >= 4 is 54.5 Å². The van der Waals surface area contributed by atoms with Crippen LogP contribution in [0.15, 0.2) is 120 Å². The lowest BCUT2D eigenvalue weighted by atomic mass is 9.98. The van der Waals surface area contributed by atoms with Crippen LogP contribution in [0.1, 0.15) is 5.56 Å². The molecule has 0 spiro atoms. The molecule has 38 heavy (non-hydrogen) atoms. The SMILES string of the molecule is Cc1ccc2c(oc3ccccc32)c1-c1cc2c3c4ccccc4ccc3n(-c3ccccc3)c2c[n+]1C. The molecular formula is C35H25N2O+. The van der Waals surface area contributed by atoms with Crippen molar-refractivity contribution in [3.8, 4) is 16.9 Å². The predicted molar refractivity (Wildman–Crippen MR) is 157 cm³/mol. The molecule has 0 radical (unpaired) electrons. The van der Waals surface area contributed by atoms with E-state index in [1.807, 2.05) is 6.07 Å². The number of pyridine rings is 1. The number of fused-ring (bicyclic) bond motifs is 8. The number of aromatic nitrogens is 2. The van der Waals surface area contributed by atoms with Gasteiger partial charge in [-0.05, 0) is 47.5 Å². The summed E-state index contributed by atoms with van der Waals surface area (Å²) in [4.78, 5) is 0. The quantitative estimate of drug-likeness (QED) is 0.223. The lowest BCUT2D eigenvalue weighted by Gasteiger charge is -2.08. The summed E-state index contributed by atoms with van der Waals surface area (Å²) in [5, 5.41) is 7.33. The zero-order valence-corrected chi connectivity index (χ0v) is 21.3. The van der Waals surface area contributed by atoms with Crippen LogP contribution in [0.4, 0.5) is 0 Å². The molecule has 8 rings (SSSR count). The second kappa shape index (κ2) is 7.80. The molecule has 0 saturated heterocycles. The van der Waals surface area contributed by atoms with E-state index in [1.54, 1.807) is 0 Å². The topological polar surface area (TPSA) is 21.9 Å². The van der Waals surface area contributed by atoms with Gasteiger partial charge in [0, 0.05) is 33.3 Å². The van der Waals surface area contributed by atoms with Crippen molar-refractivity contribution in [1.29, 1.82) is 0 Å². The lowest BCUT2D eigenvalue weighted by Crippen LogP contribution is -2.31. The largest absolute Gasteiger partial charge is 0.455 e. The summed E-state index contributed by atoms with van der Waals surface area (Å²) in [6.07, 6.45) is 2.27. The Bertz CT molecular complexity index is 2200. The maximum absolute atomic E-state index is 6.50. The highest BCUT2D eigenvalue weighted by atomic mass is 16.3. The third-order valence-electron chi connectivity index (χ3n) is 7.94. The van der Waals surface area contributed by atoms with E-state index in [1.165, 1.54) is 38.1 Å². The summed E-state index contributed by atoms with van der Waals surface area (Å²) in [7, 11) is 2.14. The van der Waals surface area contributed by atoms with Gasteiger partial charge in [0.15, 0.2) is 6.20 Å². The van der Waals surface area contributed by atoms with Crippen molar-refractivity contribution in [3.63, 3.8) is 0 Å². The highest BCUT2D eigenvalue weighted by Gasteiger charge is 2.24. The van der Waals surface area contributed by atoms with E-state index in [9.17, 15) is 0 Å². The minimum Gasteiger partial charge on any atom is -0.455 e. The van der Waals surface area contributed by atoms with Crippen molar-refractivity contribution in [2.45, 2.75) is 6.92 Å². The van der Waals surface area contributed by atoms with Gasteiger partial charge in [0.25, 0.3) is 0 Å². The molecule has 0 atom stereocenters. The number of aryl methyl sites for hydroxylation is 2. The Morgan fingerprint density at radius 2 is 1.42 bits per heavy atom. The molecule has 0 aliphatic heterocycles. The molecule has 0 amide bonds. The van der Waals surface area contributed by atoms with Gasteiger partial charge in [0.05, 0.1) is 11.1 Å². The van der Waals surface area contributed by atoms with Gasteiger partial charge in [-0.2, -0.15) is 4.57 Å². The van der Waals surface area contributed by atoms with Crippen LogP contribution < -0.4 is 4.57 Å². The Balaban J connectivity index is 1.54. The molecule has 0 aliphatic carbocycles. The van der Waals surface area contributed by atoms with E-state index < -0.39 is 0 Å². The van der Waals surface area contributed by atoms with Gasteiger partial charge >= 0.3 is 0 Å². The van der Waals surface area contributed by atoms with Crippen LogP contribution in [0.5, 0.6) is 0 Å². The van der Waals surface area contributed by atoms with Gasteiger partial charge in [0.1, 0.15) is 23.7 Å². The first-order valence-electron chi connectivity index (χ1n) is 13.0. The zero-order chi connectivity index (χ0) is 25.4. The molecule has 0 N–H and O–H groups in total. The molecule has 0 aliphatic rings. The summed E-state index contributed by atoms with van der Waals surface area (Å²) >= 11 is 0. The summed E-state index contributed by atoms with van der Waals surface area (Å²) in [5.74, 6) is 0. The minimum absolute atomic E-state index is 0.921. The van der Waals surface area contributed by atoms with Gasteiger partial charge in [-0.1, -0.05) is 78.9 Å². The Kier molecular flexibility index (Phi) is 4.36. The Morgan fingerprint density at radius 3 is 2.29 bits per heavy atom. The summed E-state index contributed by atoms with van der Waals surface area (Å²) in [6, 6.07) is 38.9. The van der Waals surface area contributed by atoms with Crippen LogP contribution in [-0.4, -0.2) is 4.57 Å². The van der Waals surface area contributed by atoms with Gasteiger partial charge in [0.2, 0.25) is 5.69 Å². The van der Waals surface area contributed by atoms with E-state index in [2.05, 4.69) is 132 Å². The zero-order valence-electron chi connectivity index (χ0n) is 21.3. The molecule has 0 fully saturated rings. The van der Waals surface area contributed by atoms with E-state index in [-0.39, 0.29) is 0 Å². The molecule has 3 heterocycles. The average molecular weight is 490 g/mol. The number of nitrogens with zero attached hydrogens (tertiary/aromatic N) is 2. The number of rotatable bonds is 2. The predicted octanol–water partition coefficient (Wildman–Crippen LogP) is 8.64. The third-order valence-corrected chi connectivity index (χ3v) is 7.94. The highest BCUT2D eigenvalue weighted by molar-refractivity contribution is 6.21. The fourth-order valence-electron chi connectivity index (χ4n) is 6.18. The number of hydrogen-bond acceptors (Lipinski definition) is 1. The summed E-state index contributed by atoms with van der Waals surface area (Å²) < 4.78 is 11.1. The fraction of sp³-hybridized carbons (Fsp3) is 0.0571. The van der Waals surface area contributed by atoms with Gasteiger partial charge in [-0.3, -0.25) is 0 Å². The monoisotopic (exact) mass is 489 g/mol. The van der Waals surface area contributed by atoms with Gasteiger partial charge < -0.3 is 8.98 Å². The Hall–Kier alpha value is -4.89. The second-order valence-electron chi connectivity index (χ2n) is 10.2. The Morgan fingerprint density at radius 1 is 0.658 bits per heavy atom. The second-order valence-corrected chi connectivity index (χ2v) is 10.2. The van der Waals surface area contributed by atoms with Crippen LogP contribution >= 0.6 is 0 Å². The maximum Gasteiger partial charge on any atom is 0.217 e. The van der Waals surface area contributed by atoms with E-state index in [0.29, 0.717) is 0 Å². The maximum atomic E-state index is 6.50. The molecule has 3 nitrogen and oxygen atoms in total. The molecule has 3 aromatic heterocycles. The smallest absolute Gasteiger partial charge is 0.217 e. The normalized spacial score (nSPS) is 11.9. The van der Waals surface area contributed by atoms with E-state index in [4.69, 9.17) is 4.42 Å². The molecule has 0 unspecified atom stereocenters. The van der Waals surface area contributed by atoms with Crippen LogP contribution in [0.2, 0.25) is 0 Å². The lowest BCUT2D eigenvalue weighted by molar-refractivity contribution is -0.659. The van der Waals surface area contributed by atoms with Crippen molar-refractivity contribution in [2.24, 2.45) is 7.05 Å². The Labute approximate surface area is 219 Å². The summed E-state index contributed by atoms with van der Waals surface area (Å²) in [6.45, 7) is 2.18. The van der Waals surface area contributed by atoms with Crippen LogP contribution in [0, 0.1) is 6.92 Å². The molecule has 3 heteroatoms. The van der Waals surface area contributed by atoms with Crippen molar-refractivity contribution in [2.75, 3.05) is 0 Å². The molecular weight excluding hydrogens is 464 g/mol. The minimum atomic E-state index is 0.921. The average Bonchev–Trinajstić information content (AvgIpc) is 3.48. The molecule has 0 bridgehead atoms. The fourth-order valence-corrected chi connectivity index (χ4v) is 6.18. The highest BCUT2D eigenvalue weighted by Crippen LogP contribution is 2.40. The molecule has 8 aromatic rings. The van der Waals surface area contributed by atoms with Crippen LogP contribution in [0.25, 0.3) is 71.5 Å². The van der Waals surface area contributed by atoms with Crippen LogP contribution in [-0.2, 0) is 7.05 Å². The third kappa shape index (κ3) is 2.87. The van der Waals surface area contributed by atoms with Crippen molar-refractivity contribution < 1.29 is 8.98 Å². The van der Waals surface area contributed by atoms with E-state index in [0.717, 1.165) is 38.9 Å². The first-order valence-corrected chi connectivity index (χ1v) is 13.0. The molecule has 0 saturated carbocycles. The standard InChI is InChI=1S/C35H25N2O/c1-22-16-18-27-26-14-8-9-15-32(26)38-35(27)33(22)30-20-28-31(21-36(30)2)37(24-11-4-3-5-12-24)29-19-17-23-10-6-7-13-25(23)34(28)29/h3-21H,1-2H3/q+1. The molecule has 5 aromatic carbocycles. The first-order chi connectivity index (χ1) is 18.7. The number of para-hydroxylation sites is 2. The van der Waals surface area contributed by atoms with Gasteiger partial charge in [-0.25, -0.2) is 0 Å². The number of furan rings is 1. The van der Waals surface area contributed by atoms with Crippen LogP contribution in [0.3, 0.4) is 0 Å².